The molecule has 1 N–H and O–H groups in total. The highest BCUT2D eigenvalue weighted by molar-refractivity contribution is 8.00. The molecule has 0 fully saturated rings. The summed E-state index contributed by atoms with van der Waals surface area (Å²) in [5.74, 6) is -0.490. The topological polar surface area (TPSA) is 92.3 Å². The minimum absolute atomic E-state index is 0.127. The fraction of sp³-hybridized carbons (Fsp3) is 0.250. The third-order valence-electron chi connectivity index (χ3n) is 4.57. The van der Waals surface area contributed by atoms with E-state index in [-0.39, 0.29) is 11.4 Å². The van der Waals surface area contributed by atoms with Crippen LogP contribution in [0.5, 0.6) is 0 Å². The van der Waals surface area contributed by atoms with Crippen molar-refractivity contribution in [2.75, 3.05) is 22.4 Å². The lowest BCUT2D eigenvalue weighted by molar-refractivity contribution is -0.114. The second kappa shape index (κ2) is 9.15. The van der Waals surface area contributed by atoms with Gasteiger partial charge in [0.2, 0.25) is 11.0 Å². The normalized spacial score (nSPS) is 11.3. The Hall–Kier alpha value is -2.43. The van der Waals surface area contributed by atoms with Gasteiger partial charge < -0.3 is 0 Å². The van der Waals surface area contributed by atoms with E-state index in [4.69, 9.17) is 0 Å². The zero-order chi connectivity index (χ0) is 21.9. The number of hydrogen-bond acceptors (Lipinski definition) is 7. The quantitative estimate of drug-likeness (QED) is 0.421. The summed E-state index contributed by atoms with van der Waals surface area (Å²) >= 11 is 2.66. The summed E-state index contributed by atoms with van der Waals surface area (Å²) in [7, 11) is -3.96. The van der Waals surface area contributed by atoms with E-state index in [0.717, 1.165) is 21.0 Å². The summed E-state index contributed by atoms with van der Waals surface area (Å²) in [5.41, 5.74) is 3.14. The van der Waals surface area contributed by atoms with E-state index < -0.39 is 15.9 Å². The van der Waals surface area contributed by atoms with Gasteiger partial charge in [-0.25, -0.2) is 8.42 Å². The average molecular weight is 463 g/mol. The fourth-order valence-corrected chi connectivity index (χ4v) is 5.44. The van der Waals surface area contributed by atoms with Crippen LogP contribution in [0, 0.1) is 20.8 Å². The van der Waals surface area contributed by atoms with Crippen LogP contribution in [-0.4, -0.2) is 37.3 Å². The molecule has 0 atom stereocenters. The third-order valence-corrected chi connectivity index (χ3v) is 8.16. The second-order valence-corrected chi connectivity index (χ2v) is 10.6. The molecular weight excluding hydrogens is 440 g/mol. The smallest absolute Gasteiger partial charge is 0.264 e. The lowest BCUT2D eigenvalue weighted by Crippen LogP contribution is -2.38. The molecule has 10 heteroatoms. The monoisotopic (exact) mass is 462 g/mol. The Bertz CT molecular complexity index is 1160. The van der Waals surface area contributed by atoms with Crippen LogP contribution in [0.2, 0.25) is 0 Å². The first-order valence-electron chi connectivity index (χ1n) is 9.05. The molecule has 7 nitrogen and oxygen atoms in total. The van der Waals surface area contributed by atoms with Crippen molar-refractivity contribution < 1.29 is 13.2 Å². The van der Waals surface area contributed by atoms with Gasteiger partial charge in [-0.15, -0.1) is 10.2 Å². The maximum atomic E-state index is 13.5. The Morgan fingerprint density at radius 2 is 1.80 bits per heavy atom. The summed E-state index contributed by atoms with van der Waals surface area (Å²) in [6, 6.07) is 12.0. The van der Waals surface area contributed by atoms with Gasteiger partial charge in [0, 0.05) is 0 Å². The van der Waals surface area contributed by atoms with E-state index in [0.29, 0.717) is 15.2 Å². The molecule has 1 amide bonds. The molecule has 0 aliphatic carbocycles. The highest BCUT2D eigenvalue weighted by Gasteiger charge is 2.29. The number of anilines is 2. The van der Waals surface area contributed by atoms with E-state index >= 15 is 0 Å². The number of aromatic nitrogens is 2. The Morgan fingerprint density at radius 3 is 2.43 bits per heavy atom. The van der Waals surface area contributed by atoms with E-state index in [1.54, 1.807) is 36.4 Å². The van der Waals surface area contributed by atoms with E-state index in [2.05, 4.69) is 15.5 Å². The summed E-state index contributed by atoms with van der Waals surface area (Å²) in [5, 5.41) is 10.8. The number of carbonyl (C=O) groups is 1. The van der Waals surface area contributed by atoms with Crippen LogP contribution in [0.1, 0.15) is 16.7 Å². The number of sulfonamides is 1. The van der Waals surface area contributed by atoms with Crippen molar-refractivity contribution in [2.24, 2.45) is 0 Å². The van der Waals surface area contributed by atoms with Crippen molar-refractivity contribution >= 4 is 49.8 Å². The molecule has 0 radical (unpaired) electrons. The molecule has 1 heterocycles. The predicted octanol–water partition coefficient (Wildman–Crippen LogP) is 4.02. The SMILES string of the molecule is CSc1nnc(NC(=O)CN(c2cccc(C)c2C)S(=O)(=O)c2ccc(C)cc2)s1. The molecule has 0 aliphatic heterocycles. The summed E-state index contributed by atoms with van der Waals surface area (Å²) in [6.07, 6.45) is 1.86. The molecule has 0 saturated carbocycles. The molecular formula is C20H22N4O3S3. The van der Waals surface area contributed by atoms with Gasteiger partial charge in [0.15, 0.2) is 4.34 Å². The van der Waals surface area contributed by atoms with Gasteiger partial charge in [0.25, 0.3) is 10.0 Å². The van der Waals surface area contributed by atoms with Gasteiger partial charge in [-0.05, 0) is 56.4 Å². The number of nitrogens with zero attached hydrogens (tertiary/aromatic N) is 3. The highest BCUT2D eigenvalue weighted by atomic mass is 32.2. The lowest BCUT2D eigenvalue weighted by Gasteiger charge is -2.26. The van der Waals surface area contributed by atoms with E-state index in [1.165, 1.54) is 23.1 Å². The number of rotatable bonds is 7. The maximum Gasteiger partial charge on any atom is 0.264 e. The molecule has 0 aliphatic rings. The molecule has 0 bridgehead atoms. The van der Waals surface area contributed by atoms with Crippen LogP contribution >= 0.6 is 23.1 Å². The zero-order valence-electron chi connectivity index (χ0n) is 17.0. The zero-order valence-corrected chi connectivity index (χ0v) is 19.5. The molecule has 0 unspecified atom stereocenters. The first kappa shape index (κ1) is 22.3. The highest BCUT2D eigenvalue weighted by Crippen LogP contribution is 2.29. The Balaban J connectivity index is 1.98. The molecule has 3 rings (SSSR count). The van der Waals surface area contributed by atoms with Gasteiger partial charge >= 0.3 is 0 Å². The lowest BCUT2D eigenvalue weighted by atomic mass is 10.1. The predicted molar refractivity (Wildman–Crippen MR) is 122 cm³/mol. The van der Waals surface area contributed by atoms with Crippen molar-refractivity contribution in [3.05, 3.63) is 59.2 Å². The Morgan fingerprint density at radius 1 is 1.10 bits per heavy atom. The molecule has 30 heavy (non-hydrogen) atoms. The van der Waals surface area contributed by atoms with Gasteiger partial charge in [-0.1, -0.05) is 52.9 Å². The maximum absolute atomic E-state index is 13.5. The first-order valence-corrected chi connectivity index (χ1v) is 12.5. The van der Waals surface area contributed by atoms with Crippen LogP contribution in [0.25, 0.3) is 0 Å². The molecule has 158 valence electrons. The number of hydrogen-bond donors (Lipinski definition) is 1. The van der Waals surface area contributed by atoms with Crippen molar-refractivity contribution in [3.8, 4) is 0 Å². The summed E-state index contributed by atoms with van der Waals surface area (Å²) in [4.78, 5) is 12.9. The average Bonchev–Trinajstić information content (AvgIpc) is 3.16. The third kappa shape index (κ3) is 4.82. The minimum atomic E-state index is -3.96. The number of aryl methyl sites for hydroxylation is 2. The summed E-state index contributed by atoms with van der Waals surface area (Å²) in [6.45, 7) is 5.25. The van der Waals surface area contributed by atoms with Crippen LogP contribution < -0.4 is 9.62 Å². The minimum Gasteiger partial charge on any atom is -0.299 e. The Labute approximate surface area is 184 Å². The van der Waals surface area contributed by atoms with Crippen LogP contribution in [-0.2, 0) is 14.8 Å². The van der Waals surface area contributed by atoms with Crippen LogP contribution in [0.3, 0.4) is 0 Å². The van der Waals surface area contributed by atoms with E-state index in [9.17, 15) is 13.2 Å². The second-order valence-electron chi connectivity index (χ2n) is 6.67. The van der Waals surface area contributed by atoms with Gasteiger partial charge in [0.1, 0.15) is 6.54 Å². The Kier molecular flexibility index (Phi) is 6.79. The number of thioether (sulfide) groups is 1. The number of carbonyl (C=O) groups excluding carboxylic acids is 1. The van der Waals surface area contributed by atoms with Gasteiger partial charge in [0.05, 0.1) is 10.6 Å². The fourth-order valence-electron chi connectivity index (χ4n) is 2.77. The van der Waals surface area contributed by atoms with Gasteiger partial charge in [-0.3, -0.25) is 14.4 Å². The molecule has 1 aromatic heterocycles. The number of nitrogens with one attached hydrogen (secondary N) is 1. The van der Waals surface area contributed by atoms with Crippen molar-refractivity contribution in [2.45, 2.75) is 30.0 Å². The number of benzene rings is 2. The molecule has 0 saturated heterocycles. The van der Waals surface area contributed by atoms with Crippen molar-refractivity contribution in [3.63, 3.8) is 0 Å². The standard InChI is InChI=1S/C20H22N4O3S3/c1-13-8-10-16(11-9-13)30(26,27)24(17-7-5-6-14(2)15(17)3)12-18(25)21-19-22-23-20(28-4)29-19/h5-11H,12H2,1-4H3,(H,21,22,25). The molecule has 2 aromatic carbocycles. The summed E-state index contributed by atoms with van der Waals surface area (Å²) < 4.78 is 28.8. The molecule has 0 spiro atoms. The first-order chi connectivity index (χ1) is 14.2. The van der Waals surface area contributed by atoms with Crippen molar-refractivity contribution in [1.29, 1.82) is 0 Å². The van der Waals surface area contributed by atoms with Crippen LogP contribution in [0.15, 0.2) is 51.7 Å². The van der Waals surface area contributed by atoms with Crippen molar-refractivity contribution in [1.82, 2.24) is 10.2 Å². The van der Waals surface area contributed by atoms with E-state index in [1.807, 2.05) is 33.1 Å². The largest absolute Gasteiger partial charge is 0.299 e. The number of amides is 1. The molecule has 3 aromatic rings. The van der Waals surface area contributed by atoms with Crippen LogP contribution in [0.4, 0.5) is 10.8 Å². The van der Waals surface area contributed by atoms with Gasteiger partial charge in [-0.2, -0.15) is 0 Å².